The van der Waals surface area contributed by atoms with Crippen LogP contribution in [0.25, 0.3) is 0 Å². The fourth-order valence-electron chi connectivity index (χ4n) is 3.40. The molecule has 2 aliphatic rings. The number of hydrogen-bond acceptors (Lipinski definition) is 4. The summed E-state index contributed by atoms with van der Waals surface area (Å²) in [7, 11) is 1.62. The average Bonchev–Trinajstić information content (AvgIpc) is 2.67. The maximum Gasteiger partial charge on any atom is 0.318 e. The second kappa shape index (κ2) is 8.20. The van der Waals surface area contributed by atoms with Gasteiger partial charge in [0.2, 0.25) is 5.91 Å². The van der Waals surface area contributed by atoms with Gasteiger partial charge in [0, 0.05) is 25.7 Å². The average molecular weight is 346 g/mol. The Morgan fingerprint density at radius 3 is 2.60 bits per heavy atom. The molecule has 0 radical (unpaired) electrons. The van der Waals surface area contributed by atoms with Gasteiger partial charge in [0.05, 0.1) is 7.11 Å². The fraction of sp³-hybridized carbons (Fsp3) is 0.556. The number of urea groups is 1. The molecule has 2 aliphatic heterocycles. The highest BCUT2D eigenvalue weighted by atomic mass is 16.5. The highest BCUT2D eigenvalue weighted by molar-refractivity contribution is 5.85. The Labute approximate surface area is 148 Å². The van der Waals surface area contributed by atoms with Crippen molar-refractivity contribution in [3.05, 3.63) is 29.8 Å². The number of benzene rings is 1. The summed E-state index contributed by atoms with van der Waals surface area (Å²) in [5.41, 5.74) is 0.994. The number of rotatable bonds is 4. The number of methoxy groups -OCH3 is 1. The van der Waals surface area contributed by atoms with Crippen LogP contribution < -0.4 is 15.4 Å². The minimum Gasteiger partial charge on any atom is -0.497 e. The molecule has 0 unspecified atom stereocenters. The Morgan fingerprint density at radius 2 is 1.96 bits per heavy atom. The lowest BCUT2D eigenvalue weighted by molar-refractivity contribution is -0.138. The molecule has 25 heavy (non-hydrogen) atoms. The van der Waals surface area contributed by atoms with Gasteiger partial charge in [-0.2, -0.15) is 0 Å². The molecule has 2 heterocycles. The van der Waals surface area contributed by atoms with E-state index in [1.165, 1.54) is 0 Å². The van der Waals surface area contributed by atoms with Gasteiger partial charge in [-0.05, 0) is 43.6 Å². The number of piperazine rings is 1. The largest absolute Gasteiger partial charge is 0.497 e. The van der Waals surface area contributed by atoms with E-state index in [-0.39, 0.29) is 18.5 Å². The van der Waals surface area contributed by atoms with Crippen molar-refractivity contribution in [2.45, 2.75) is 25.4 Å². The standard InChI is InChI=1S/C18H26N4O3/c1-25-16-4-2-14(3-5-16)12-20-18(24)21-10-11-22(17(23)13-21)15-6-8-19-9-7-15/h2-5,15,19H,6-13H2,1H3,(H,20,24). The quantitative estimate of drug-likeness (QED) is 0.846. The summed E-state index contributed by atoms with van der Waals surface area (Å²) in [6, 6.07) is 7.69. The zero-order valence-corrected chi connectivity index (χ0v) is 14.7. The van der Waals surface area contributed by atoms with E-state index in [0.717, 1.165) is 37.2 Å². The van der Waals surface area contributed by atoms with Crippen molar-refractivity contribution in [3.63, 3.8) is 0 Å². The highest BCUT2D eigenvalue weighted by Crippen LogP contribution is 2.16. The Bertz CT molecular complexity index is 599. The van der Waals surface area contributed by atoms with Gasteiger partial charge in [0.15, 0.2) is 0 Å². The second-order valence-electron chi connectivity index (χ2n) is 6.50. The molecule has 7 nitrogen and oxygen atoms in total. The van der Waals surface area contributed by atoms with E-state index < -0.39 is 0 Å². The molecule has 0 saturated carbocycles. The number of amides is 3. The van der Waals surface area contributed by atoms with Crippen LogP contribution in [0.5, 0.6) is 5.75 Å². The summed E-state index contributed by atoms with van der Waals surface area (Å²) < 4.78 is 5.12. The third-order valence-electron chi connectivity index (χ3n) is 4.90. The van der Waals surface area contributed by atoms with Crippen LogP contribution in [0.3, 0.4) is 0 Å². The first-order valence-corrected chi connectivity index (χ1v) is 8.83. The predicted molar refractivity (Wildman–Crippen MR) is 94.4 cm³/mol. The van der Waals surface area contributed by atoms with Crippen LogP contribution in [-0.2, 0) is 11.3 Å². The van der Waals surface area contributed by atoms with Crippen molar-refractivity contribution in [3.8, 4) is 5.75 Å². The lowest BCUT2D eigenvalue weighted by atomic mass is 10.0. The Kier molecular flexibility index (Phi) is 5.75. The van der Waals surface area contributed by atoms with Crippen molar-refractivity contribution in [2.75, 3.05) is 39.8 Å². The van der Waals surface area contributed by atoms with Crippen molar-refractivity contribution in [1.82, 2.24) is 20.4 Å². The summed E-state index contributed by atoms with van der Waals surface area (Å²) in [5, 5.41) is 6.20. The summed E-state index contributed by atoms with van der Waals surface area (Å²) in [5.74, 6) is 0.840. The van der Waals surface area contributed by atoms with Gasteiger partial charge in [-0.3, -0.25) is 4.79 Å². The van der Waals surface area contributed by atoms with Crippen LogP contribution in [0, 0.1) is 0 Å². The van der Waals surface area contributed by atoms with Crippen molar-refractivity contribution in [2.24, 2.45) is 0 Å². The number of ether oxygens (including phenoxy) is 1. The van der Waals surface area contributed by atoms with Crippen LogP contribution in [0.4, 0.5) is 4.79 Å². The molecule has 0 bridgehead atoms. The molecule has 2 saturated heterocycles. The molecule has 2 fully saturated rings. The molecule has 3 rings (SSSR count). The lowest BCUT2D eigenvalue weighted by Crippen LogP contribution is -2.58. The number of carbonyl (C=O) groups excluding carboxylic acids is 2. The van der Waals surface area contributed by atoms with E-state index in [4.69, 9.17) is 4.74 Å². The molecule has 2 N–H and O–H groups in total. The summed E-state index contributed by atoms with van der Waals surface area (Å²) in [6.45, 7) is 3.73. The minimum absolute atomic E-state index is 0.0535. The van der Waals surface area contributed by atoms with Crippen LogP contribution in [0.2, 0.25) is 0 Å². The van der Waals surface area contributed by atoms with Crippen molar-refractivity contribution in [1.29, 1.82) is 0 Å². The van der Waals surface area contributed by atoms with E-state index in [1.807, 2.05) is 29.2 Å². The first kappa shape index (κ1) is 17.5. The zero-order chi connectivity index (χ0) is 17.6. The molecule has 7 heteroatoms. The maximum absolute atomic E-state index is 12.4. The zero-order valence-electron chi connectivity index (χ0n) is 14.7. The fourth-order valence-corrected chi connectivity index (χ4v) is 3.40. The monoisotopic (exact) mass is 346 g/mol. The Balaban J connectivity index is 1.47. The molecule has 1 aromatic carbocycles. The van der Waals surface area contributed by atoms with Crippen molar-refractivity contribution >= 4 is 11.9 Å². The molecule has 0 atom stereocenters. The van der Waals surface area contributed by atoms with Gasteiger partial charge in [-0.15, -0.1) is 0 Å². The van der Waals surface area contributed by atoms with Gasteiger partial charge >= 0.3 is 6.03 Å². The van der Waals surface area contributed by atoms with E-state index in [1.54, 1.807) is 12.0 Å². The van der Waals surface area contributed by atoms with Crippen LogP contribution in [0.15, 0.2) is 24.3 Å². The normalized spacial score (nSPS) is 19.0. The first-order chi connectivity index (χ1) is 12.2. The van der Waals surface area contributed by atoms with Crippen molar-refractivity contribution < 1.29 is 14.3 Å². The molecular weight excluding hydrogens is 320 g/mol. The third kappa shape index (κ3) is 4.42. The number of nitrogens with zero attached hydrogens (tertiary/aromatic N) is 2. The molecule has 0 spiro atoms. The predicted octanol–water partition coefficient (Wildman–Crippen LogP) is 0.801. The number of carbonyl (C=O) groups is 2. The Morgan fingerprint density at radius 1 is 1.24 bits per heavy atom. The Hall–Kier alpha value is -2.28. The van der Waals surface area contributed by atoms with Gasteiger partial charge in [0.1, 0.15) is 12.3 Å². The summed E-state index contributed by atoms with van der Waals surface area (Å²) in [6.07, 6.45) is 1.99. The van der Waals surface area contributed by atoms with E-state index in [9.17, 15) is 9.59 Å². The number of hydrogen-bond donors (Lipinski definition) is 2. The topological polar surface area (TPSA) is 73.9 Å². The van der Waals surface area contributed by atoms with E-state index >= 15 is 0 Å². The van der Waals surface area contributed by atoms with E-state index in [2.05, 4.69) is 10.6 Å². The third-order valence-corrected chi connectivity index (χ3v) is 4.90. The van der Waals surface area contributed by atoms with Gasteiger partial charge in [0.25, 0.3) is 0 Å². The van der Waals surface area contributed by atoms with Crippen LogP contribution >= 0.6 is 0 Å². The highest BCUT2D eigenvalue weighted by Gasteiger charge is 2.32. The molecule has 3 amide bonds. The van der Waals surface area contributed by atoms with Crippen LogP contribution in [0.1, 0.15) is 18.4 Å². The summed E-state index contributed by atoms with van der Waals surface area (Å²) in [4.78, 5) is 28.3. The number of piperidine rings is 1. The molecular formula is C18H26N4O3. The van der Waals surface area contributed by atoms with Gasteiger partial charge in [-0.25, -0.2) is 4.79 Å². The van der Waals surface area contributed by atoms with Gasteiger partial charge in [-0.1, -0.05) is 12.1 Å². The minimum atomic E-state index is -0.186. The number of nitrogens with one attached hydrogen (secondary N) is 2. The SMILES string of the molecule is COc1ccc(CNC(=O)N2CCN(C3CCNCC3)C(=O)C2)cc1. The second-order valence-corrected chi connectivity index (χ2v) is 6.50. The molecule has 136 valence electrons. The smallest absolute Gasteiger partial charge is 0.318 e. The summed E-state index contributed by atoms with van der Waals surface area (Å²) >= 11 is 0. The lowest BCUT2D eigenvalue weighted by Gasteiger charge is -2.40. The van der Waals surface area contributed by atoms with E-state index in [0.29, 0.717) is 25.7 Å². The molecule has 1 aromatic rings. The maximum atomic E-state index is 12.4. The molecule has 0 aromatic heterocycles. The van der Waals surface area contributed by atoms with Crippen LogP contribution in [-0.4, -0.2) is 67.6 Å². The molecule has 0 aliphatic carbocycles. The first-order valence-electron chi connectivity index (χ1n) is 8.83. The van der Waals surface area contributed by atoms with Gasteiger partial charge < -0.3 is 25.2 Å².